The first kappa shape index (κ1) is 16.4. The van der Waals surface area contributed by atoms with E-state index in [0.29, 0.717) is 13.1 Å². The van der Waals surface area contributed by atoms with Crippen molar-refractivity contribution in [2.24, 2.45) is 0 Å². The van der Waals surface area contributed by atoms with E-state index in [0.717, 1.165) is 31.5 Å². The Morgan fingerprint density at radius 3 is 2.54 bits per heavy atom. The maximum atomic E-state index is 12.5. The Hall–Kier alpha value is -2.51. The lowest BCUT2D eigenvalue weighted by molar-refractivity contribution is -0.274. The van der Waals surface area contributed by atoms with Crippen molar-refractivity contribution in [2.45, 2.75) is 25.6 Å². The van der Waals surface area contributed by atoms with Gasteiger partial charge in [-0.3, -0.25) is 9.59 Å². The van der Waals surface area contributed by atoms with E-state index in [4.69, 9.17) is 0 Å². The molecule has 1 amide bonds. The molecule has 0 spiro atoms. The lowest BCUT2D eigenvalue weighted by Crippen LogP contribution is -2.38. The van der Waals surface area contributed by atoms with E-state index in [1.54, 1.807) is 4.90 Å². The van der Waals surface area contributed by atoms with Gasteiger partial charge in [0.15, 0.2) is 5.75 Å². The van der Waals surface area contributed by atoms with Crippen LogP contribution in [0.3, 0.4) is 0 Å². The van der Waals surface area contributed by atoms with E-state index in [2.05, 4.69) is 9.72 Å². The Morgan fingerprint density at radius 2 is 1.88 bits per heavy atom. The molecule has 1 aliphatic rings. The lowest BCUT2D eigenvalue weighted by atomic mass is 10.1. The van der Waals surface area contributed by atoms with Gasteiger partial charge < -0.3 is 14.6 Å². The van der Waals surface area contributed by atoms with Gasteiger partial charge in [-0.1, -0.05) is 6.07 Å². The van der Waals surface area contributed by atoms with E-state index in [1.807, 2.05) is 0 Å². The van der Waals surface area contributed by atoms with Crippen LogP contribution in [0, 0.1) is 0 Å². The third-order valence-corrected chi connectivity index (χ3v) is 3.98. The molecule has 2 heterocycles. The zero-order chi connectivity index (χ0) is 17.3. The summed E-state index contributed by atoms with van der Waals surface area (Å²) in [4.78, 5) is 29.2. The van der Waals surface area contributed by atoms with E-state index in [9.17, 15) is 22.8 Å². The highest BCUT2D eigenvalue weighted by Crippen LogP contribution is 2.28. The fourth-order valence-electron chi connectivity index (χ4n) is 2.86. The molecule has 0 atom stereocenters. The van der Waals surface area contributed by atoms with Crippen molar-refractivity contribution >= 4 is 16.8 Å². The molecule has 3 rings (SSSR count). The quantitative estimate of drug-likeness (QED) is 0.914. The SMILES string of the molecule is O=C(c1c[nH]c2c(OC(F)(F)F)cccc2c1=O)N1CCCCC1. The highest BCUT2D eigenvalue weighted by molar-refractivity contribution is 5.98. The summed E-state index contributed by atoms with van der Waals surface area (Å²) in [6.45, 7) is 1.15. The highest BCUT2D eigenvalue weighted by atomic mass is 19.4. The molecule has 24 heavy (non-hydrogen) atoms. The standard InChI is InChI=1S/C16H15F3N2O3/c17-16(18,19)24-12-6-4-5-10-13(12)20-9-11(14(10)22)15(23)21-7-2-1-3-8-21/h4-6,9H,1-3,7-8H2,(H,20,22). The monoisotopic (exact) mass is 340 g/mol. The molecule has 0 aliphatic carbocycles. The van der Waals surface area contributed by atoms with Crippen LogP contribution in [0.5, 0.6) is 5.75 Å². The van der Waals surface area contributed by atoms with Crippen molar-refractivity contribution < 1.29 is 22.7 Å². The zero-order valence-electron chi connectivity index (χ0n) is 12.7. The number of aromatic nitrogens is 1. The molecule has 0 saturated carbocycles. The van der Waals surface area contributed by atoms with Crippen molar-refractivity contribution in [3.63, 3.8) is 0 Å². The summed E-state index contributed by atoms with van der Waals surface area (Å²) in [6.07, 6.45) is -0.921. The molecule has 0 unspecified atom stereocenters. The second-order valence-electron chi connectivity index (χ2n) is 5.61. The van der Waals surface area contributed by atoms with Crippen LogP contribution in [0.4, 0.5) is 13.2 Å². The fraction of sp³-hybridized carbons (Fsp3) is 0.375. The maximum absolute atomic E-state index is 12.5. The van der Waals surface area contributed by atoms with Crippen LogP contribution in [-0.4, -0.2) is 35.2 Å². The molecule has 0 radical (unpaired) electrons. The minimum absolute atomic E-state index is 0.0143. The number of carbonyl (C=O) groups is 1. The van der Waals surface area contributed by atoms with E-state index in [-0.39, 0.29) is 16.5 Å². The Bertz CT molecular complexity index is 823. The van der Waals surface area contributed by atoms with Crippen LogP contribution < -0.4 is 10.2 Å². The number of nitrogens with zero attached hydrogens (tertiary/aromatic N) is 1. The molecule has 8 heteroatoms. The lowest BCUT2D eigenvalue weighted by Gasteiger charge is -2.26. The van der Waals surface area contributed by atoms with Crippen molar-refractivity contribution in [1.29, 1.82) is 0 Å². The highest BCUT2D eigenvalue weighted by Gasteiger charge is 2.32. The van der Waals surface area contributed by atoms with Crippen LogP contribution in [0.25, 0.3) is 10.9 Å². The number of benzene rings is 1. The summed E-state index contributed by atoms with van der Waals surface area (Å²) < 4.78 is 41.3. The minimum atomic E-state index is -4.87. The van der Waals surface area contributed by atoms with Crippen LogP contribution in [-0.2, 0) is 0 Å². The molecule has 2 aromatic rings. The summed E-state index contributed by atoms with van der Waals surface area (Å²) in [6, 6.07) is 3.76. The number of pyridine rings is 1. The summed E-state index contributed by atoms with van der Waals surface area (Å²) in [5.41, 5.74) is -0.768. The normalized spacial score (nSPS) is 15.5. The summed E-state index contributed by atoms with van der Waals surface area (Å²) >= 11 is 0. The van der Waals surface area contributed by atoms with Gasteiger partial charge in [-0.2, -0.15) is 0 Å². The van der Waals surface area contributed by atoms with Crippen molar-refractivity contribution in [3.8, 4) is 5.75 Å². The van der Waals surface area contributed by atoms with Crippen LogP contribution in [0.2, 0.25) is 0 Å². The third-order valence-electron chi connectivity index (χ3n) is 3.98. The average Bonchev–Trinajstić information content (AvgIpc) is 2.55. The number of amides is 1. The van der Waals surface area contributed by atoms with E-state index < -0.39 is 23.4 Å². The van der Waals surface area contributed by atoms with Crippen LogP contribution >= 0.6 is 0 Å². The first-order chi connectivity index (χ1) is 11.4. The summed E-state index contributed by atoms with van der Waals surface area (Å²) in [7, 11) is 0. The fourth-order valence-corrected chi connectivity index (χ4v) is 2.86. The van der Waals surface area contributed by atoms with Gasteiger partial charge in [0.1, 0.15) is 5.56 Å². The molecule has 1 aliphatic heterocycles. The zero-order valence-corrected chi connectivity index (χ0v) is 12.7. The van der Waals surface area contributed by atoms with Gasteiger partial charge in [0, 0.05) is 19.3 Å². The number of fused-ring (bicyclic) bond motifs is 1. The van der Waals surface area contributed by atoms with Gasteiger partial charge in [-0.05, 0) is 31.4 Å². The number of carbonyl (C=O) groups excluding carboxylic acids is 1. The number of nitrogens with one attached hydrogen (secondary N) is 1. The molecule has 128 valence electrons. The Kier molecular flexibility index (Phi) is 4.21. The second kappa shape index (κ2) is 6.18. The van der Waals surface area contributed by atoms with Gasteiger partial charge in [-0.15, -0.1) is 13.2 Å². The van der Waals surface area contributed by atoms with Gasteiger partial charge in [0.25, 0.3) is 5.91 Å². The van der Waals surface area contributed by atoms with E-state index in [1.165, 1.54) is 12.1 Å². The summed E-state index contributed by atoms with van der Waals surface area (Å²) in [5.74, 6) is -0.908. The van der Waals surface area contributed by atoms with Crippen LogP contribution in [0.1, 0.15) is 29.6 Å². The number of piperidine rings is 1. The Balaban J connectivity index is 2.02. The molecule has 1 saturated heterocycles. The smallest absolute Gasteiger partial charge is 0.404 e. The Morgan fingerprint density at radius 1 is 1.17 bits per heavy atom. The first-order valence-electron chi connectivity index (χ1n) is 7.56. The number of ether oxygens (including phenoxy) is 1. The van der Waals surface area contributed by atoms with Crippen molar-refractivity contribution in [3.05, 3.63) is 40.2 Å². The number of hydrogen-bond acceptors (Lipinski definition) is 3. The van der Waals surface area contributed by atoms with Crippen molar-refractivity contribution in [1.82, 2.24) is 9.88 Å². The van der Waals surface area contributed by atoms with Gasteiger partial charge in [-0.25, -0.2) is 0 Å². The predicted octanol–water partition coefficient (Wildman–Crippen LogP) is 3.05. The third kappa shape index (κ3) is 3.22. The number of rotatable bonds is 2. The summed E-state index contributed by atoms with van der Waals surface area (Å²) in [5, 5.41) is -0.0143. The average molecular weight is 340 g/mol. The molecular weight excluding hydrogens is 325 g/mol. The van der Waals surface area contributed by atoms with Gasteiger partial charge in [0.05, 0.1) is 10.9 Å². The second-order valence-corrected chi connectivity index (χ2v) is 5.61. The molecular formula is C16H15F3N2O3. The molecule has 1 fully saturated rings. The number of alkyl halides is 3. The molecule has 0 bridgehead atoms. The maximum Gasteiger partial charge on any atom is 0.573 e. The van der Waals surface area contributed by atoms with Crippen LogP contribution in [0.15, 0.2) is 29.2 Å². The minimum Gasteiger partial charge on any atom is -0.404 e. The van der Waals surface area contributed by atoms with Crippen molar-refractivity contribution in [2.75, 3.05) is 13.1 Å². The largest absolute Gasteiger partial charge is 0.573 e. The number of likely N-dealkylation sites (tertiary alicyclic amines) is 1. The molecule has 1 N–H and O–H groups in total. The molecule has 1 aromatic carbocycles. The number of para-hydroxylation sites is 1. The van der Waals surface area contributed by atoms with E-state index >= 15 is 0 Å². The van der Waals surface area contributed by atoms with Gasteiger partial charge in [0.2, 0.25) is 5.43 Å². The number of halogens is 3. The van der Waals surface area contributed by atoms with Gasteiger partial charge >= 0.3 is 6.36 Å². The molecule has 5 nitrogen and oxygen atoms in total. The number of hydrogen-bond donors (Lipinski definition) is 1. The Labute approximate surface area is 135 Å². The first-order valence-corrected chi connectivity index (χ1v) is 7.56. The topological polar surface area (TPSA) is 62.4 Å². The number of H-pyrrole nitrogens is 1. The number of aromatic amines is 1. The molecule has 1 aromatic heterocycles. The predicted molar refractivity (Wildman–Crippen MR) is 81.0 cm³/mol.